The van der Waals surface area contributed by atoms with E-state index in [0.717, 1.165) is 6.42 Å². The summed E-state index contributed by atoms with van der Waals surface area (Å²) < 4.78 is 10.2. The van der Waals surface area contributed by atoms with Crippen molar-refractivity contribution in [3.05, 3.63) is 35.4 Å². The van der Waals surface area contributed by atoms with Gasteiger partial charge in [0.05, 0.1) is 7.11 Å². The molecule has 0 bridgehead atoms. The lowest BCUT2D eigenvalue weighted by Crippen LogP contribution is -2.38. The summed E-state index contributed by atoms with van der Waals surface area (Å²) in [5.41, 5.74) is 2.46. The summed E-state index contributed by atoms with van der Waals surface area (Å²) in [6, 6.07) is 7.75. The molecule has 1 amide bonds. The fourth-order valence-electron chi connectivity index (χ4n) is 2.98. The second kappa shape index (κ2) is 6.36. The molecular formula is C16H20N2O4. The molecule has 0 saturated carbocycles. The molecule has 1 N–H and O–H groups in total. The molecule has 1 fully saturated rings. The van der Waals surface area contributed by atoms with E-state index < -0.39 is 0 Å². The van der Waals surface area contributed by atoms with E-state index in [1.807, 2.05) is 18.2 Å². The van der Waals surface area contributed by atoms with Crippen LogP contribution in [-0.2, 0) is 27.2 Å². The number of nitrogens with zero attached hydrogens (tertiary/aromatic N) is 1. The Morgan fingerprint density at radius 3 is 2.82 bits per heavy atom. The van der Waals surface area contributed by atoms with E-state index in [1.54, 1.807) is 4.90 Å². The Morgan fingerprint density at radius 1 is 1.27 bits per heavy atom. The van der Waals surface area contributed by atoms with E-state index in [-0.39, 0.29) is 24.2 Å². The van der Waals surface area contributed by atoms with Crippen molar-refractivity contribution in [2.75, 3.05) is 20.2 Å². The number of carbonyl (C=O) groups excluding carboxylic acids is 2. The highest BCUT2D eigenvalue weighted by Crippen LogP contribution is 2.20. The van der Waals surface area contributed by atoms with Gasteiger partial charge in [-0.1, -0.05) is 24.3 Å². The second-order valence-electron chi connectivity index (χ2n) is 5.67. The summed E-state index contributed by atoms with van der Waals surface area (Å²) in [7, 11) is 1.36. The molecule has 0 aliphatic carbocycles. The van der Waals surface area contributed by atoms with Gasteiger partial charge in [0.1, 0.15) is 12.1 Å². The molecule has 2 heterocycles. The maximum atomic E-state index is 12.3. The highest BCUT2D eigenvalue weighted by molar-refractivity contribution is 5.76. The van der Waals surface area contributed by atoms with E-state index in [2.05, 4.69) is 11.4 Å². The molecule has 2 aliphatic rings. The minimum Gasteiger partial charge on any atom is -0.468 e. The SMILES string of the molecule is COC(=O)[C@@H]1C[C@@H](OC(=O)N2CCc3ccccc3C2)CN1. The Balaban J connectivity index is 1.54. The zero-order valence-corrected chi connectivity index (χ0v) is 12.6. The van der Waals surface area contributed by atoms with Crippen LogP contribution < -0.4 is 5.32 Å². The fourth-order valence-corrected chi connectivity index (χ4v) is 2.98. The van der Waals surface area contributed by atoms with Crippen LogP contribution in [0.5, 0.6) is 0 Å². The Kier molecular flexibility index (Phi) is 4.29. The molecule has 1 aromatic carbocycles. The molecule has 6 heteroatoms. The second-order valence-corrected chi connectivity index (χ2v) is 5.67. The Bertz CT molecular complexity index is 575. The predicted molar refractivity (Wildman–Crippen MR) is 79.2 cm³/mol. The van der Waals surface area contributed by atoms with Gasteiger partial charge in [-0.2, -0.15) is 0 Å². The molecule has 22 heavy (non-hydrogen) atoms. The third kappa shape index (κ3) is 3.06. The Labute approximate surface area is 129 Å². The quantitative estimate of drug-likeness (QED) is 0.828. The van der Waals surface area contributed by atoms with Crippen molar-refractivity contribution >= 4 is 12.1 Å². The lowest BCUT2D eigenvalue weighted by atomic mass is 10.0. The monoisotopic (exact) mass is 304 g/mol. The molecule has 3 rings (SSSR count). The summed E-state index contributed by atoms with van der Waals surface area (Å²) in [6.07, 6.45) is 0.711. The van der Waals surface area contributed by atoms with E-state index in [0.29, 0.717) is 26.1 Å². The van der Waals surface area contributed by atoms with Gasteiger partial charge in [0.2, 0.25) is 0 Å². The number of hydrogen-bond acceptors (Lipinski definition) is 5. The van der Waals surface area contributed by atoms with Crippen LogP contribution in [0.25, 0.3) is 0 Å². The molecule has 6 nitrogen and oxygen atoms in total. The number of hydrogen-bond donors (Lipinski definition) is 1. The van der Waals surface area contributed by atoms with Gasteiger partial charge in [-0.15, -0.1) is 0 Å². The largest absolute Gasteiger partial charge is 0.468 e. The number of carbonyl (C=O) groups is 2. The van der Waals surface area contributed by atoms with Crippen molar-refractivity contribution < 1.29 is 19.1 Å². The van der Waals surface area contributed by atoms with Gasteiger partial charge in [-0.3, -0.25) is 4.79 Å². The number of esters is 1. The lowest BCUT2D eigenvalue weighted by molar-refractivity contribution is -0.142. The van der Waals surface area contributed by atoms with E-state index in [1.165, 1.54) is 18.2 Å². The molecule has 2 atom stereocenters. The van der Waals surface area contributed by atoms with Gasteiger partial charge in [0.25, 0.3) is 0 Å². The highest BCUT2D eigenvalue weighted by atomic mass is 16.6. The number of methoxy groups -OCH3 is 1. The first-order valence-electron chi connectivity index (χ1n) is 7.51. The Morgan fingerprint density at radius 2 is 2.05 bits per heavy atom. The van der Waals surface area contributed by atoms with Crippen LogP contribution >= 0.6 is 0 Å². The first kappa shape index (κ1) is 14.8. The number of fused-ring (bicyclic) bond motifs is 1. The number of benzene rings is 1. The van der Waals surface area contributed by atoms with Gasteiger partial charge in [0, 0.05) is 26.1 Å². The molecule has 0 radical (unpaired) electrons. The number of amides is 1. The van der Waals surface area contributed by atoms with Crippen LogP contribution in [0.4, 0.5) is 4.79 Å². The fraction of sp³-hybridized carbons (Fsp3) is 0.500. The van der Waals surface area contributed by atoms with Crippen LogP contribution in [0.3, 0.4) is 0 Å². The topological polar surface area (TPSA) is 67.9 Å². The third-order valence-corrected chi connectivity index (χ3v) is 4.23. The first-order chi connectivity index (χ1) is 10.7. The zero-order chi connectivity index (χ0) is 15.5. The standard InChI is InChI=1S/C16H20N2O4/c1-21-15(19)14-8-13(9-17-14)22-16(20)18-7-6-11-4-2-3-5-12(11)10-18/h2-5,13-14,17H,6-10H2,1H3/t13-,14+/m1/s1. The maximum absolute atomic E-state index is 12.3. The van der Waals surface area contributed by atoms with Crippen LogP contribution in [-0.4, -0.2) is 49.3 Å². The third-order valence-electron chi connectivity index (χ3n) is 4.23. The van der Waals surface area contributed by atoms with Gasteiger partial charge < -0.3 is 19.7 Å². The van der Waals surface area contributed by atoms with Gasteiger partial charge in [-0.25, -0.2) is 4.79 Å². The van der Waals surface area contributed by atoms with E-state index >= 15 is 0 Å². The van der Waals surface area contributed by atoms with Crippen molar-refractivity contribution in [1.82, 2.24) is 10.2 Å². The molecule has 0 aromatic heterocycles. The summed E-state index contributed by atoms with van der Waals surface area (Å²) in [6.45, 7) is 1.72. The minimum absolute atomic E-state index is 0.284. The van der Waals surface area contributed by atoms with Crippen molar-refractivity contribution in [2.45, 2.75) is 31.5 Å². The van der Waals surface area contributed by atoms with Crippen molar-refractivity contribution in [3.63, 3.8) is 0 Å². The average molecular weight is 304 g/mol. The maximum Gasteiger partial charge on any atom is 0.410 e. The number of rotatable bonds is 2. The molecule has 118 valence electrons. The summed E-state index contributed by atoms with van der Waals surface area (Å²) in [5.74, 6) is -0.314. The highest BCUT2D eigenvalue weighted by Gasteiger charge is 2.33. The van der Waals surface area contributed by atoms with Crippen molar-refractivity contribution in [2.24, 2.45) is 0 Å². The van der Waals surface area contributed by atoms with Gasteiger partial charge in [-0.05, 0) is 17.5 Å². The summed E-state index contributed by atoms with van der Waals surface area (Å²) in [5, 5.41) is 3.01. The number of ether oxygens (including phenoxy) is 2. The zero-order valence-electron chi connectivity index (χ0n) is 12.6. The van der Waals surface area contributed by atoms with Crippen molar-refractivity contribution in [3.8, 4) is 0 Å². The molecule has 0 spiro atoms. The lowest BCUT2D eigenvalue weighted by Gasteiger charge is -2.29. The predicted octanol–water partition coefficient (Wildman–Crippen LogP) is 1.08. The summed E-state index contributed by atoms with van der Waals surface area (Å²) in [4.78, 5) is 25.4. The van der Waals surface area contributed by atoms with Crippen molar-refractivity contribution in [1.29, 1.82) is 0 Å². The molecule has 2 aliphatic heterocycles. The van der Waals surface area contributed by atoms with Crippen LogP contribution in [0.2, 0.25) is 0 Å². The Hall–Kier alpha value is -2.08. The molecule has 1 aromatic rings. The molecular weight excluding hydrogens is 284 g/mol. The van der Waals surface area contributed by atoms with Gasteiger partial charge >= 0.3 is 12.1 Å². The van der Waals surface area contributed by atoms with E-state index in [4.69, 9.17) is 9.47 Å². The smallest absolute Gasteiger partial charge is 0.410 e. The van der Waals surface area contributed by atoms with Gasteiger partial charge in [0.15, 0.2) is 0 Å². The first-order valence-corrected chi connectivity index (χ1v) is 7.51. The van der Waals surface area contributed by atoms with Crippen LogP contribution in [0.15, 0.2) is 24.3 Å². The number of nitrogens with one attached hydrogen (secondary N) is 1. The van der Waals surface area contributed by atoms with Crippen LogP contribution in [0.1, 0.15) is 17.5 Å². The summed E-state index contributed by atoms with van der Waals surface area (Å²) >= 11 is 0. The molecule has 0 unspecified atom stereocenters. The molecule has 1 saturated heterocycles. The van der Waals surface area contributed by atoms with E-state index in [9.17, 15) is 9.59 Å². The normalized spacial score (nSPS) is 23.8. The average Bonchev–Trinajstić information content (AvgIpc) is 3.02. The minimum atomic E-state index is -0.384. The van der Waals surface area contributed by atoms with Crippen LogP contribution in [0, 0.1) is 0 Å².